The predicted molar refractivity (Wildman–Crippen MR) is 87.7 cm³/mol. The summed E-state index contributed by atoms with van der Waals surface area (Å²) in [6.45, 7) is 0. The summed E-state index contributed by atoms with van der Waals surface area (Å²) >= 11 is 0.916. The lowest BCUT2D eigenvalue weighted by molar-refractivity contribution is 0.0597. The number of hydrogen-bond donors (Lipinski definition) is 2. The van der Waals surface area contributed by atoms with Gasteiger partial charge in [0.2, 0.25) is 0 Å². The molecule has 1 aromatic heterocycles. The van der Waals surface area contributed by atoms with Crippen LogP contribution in [0, 0.1) is 0 Å². The molecular weight excluding hydrogens is 354 g/mol. The van der Waals surface area contributed by atoms with Crippen molar-refractivity contribution in [2.24, 2.45) is 0 Å². The highest BCUT2D eigenvalue weighted by Gasteiger charge is 2.20. The SMILES string of the molecule is COC(=O)c1ccc(NS(=O)(=O)c2cccc3nsnc23)cc1O. The standard InChI is InChI=1S/C14H11N3O5S2/c1-22-14(19)9-6-5-8(7-11(9)18)17-24(20,21)12-4-2-3-10-13(12)16-23-15-10/h2-7,17-18H,1H3. The van der Waals surface area contributed by atoms with E-state index in [1.165, 1.54) is 25.3 Å². The number of nitrogens with zero attached hydrogens (tertiary/aromatic N) is 2. The number of carbonyl (C=O) groups is 1. The number of carbonyl (C=O) groups excluding carboxylic acids is 1. The molecule has 0 radical (unpaired) electrons. The highest BCUT2D eigenvalue weighted by Crippen LogP contribution is 2.27. The molecule has 0 unspecified atom stereocenters. The molecule has 0 aliphatic carbocycles. The normalized spacial score (nSPS) is 11.4. The van der Waals surface area contributed by atoms with Gasteiger partial charge in [0.05, 0.1) is 24.5 Å². The average molecular weight is 365 g/mol. The number of esters is 1. The zero-order valence-corrected chi connectivity index (χ0v) is 13.9. The molecular formula is C14H11N3O5S2. The second-order valence-electron chi connectivity index (χ2n) is 4.72. The number of phenolic OH excluding ortho intramolecular Hbond substituents is 1. The third-order valence-electron chi connectivity index (χ3n) is 3.19. The van der Waals surface area contributed by atoms with Crippen LogP contribution in [0.15, 0.2) is 41.3 Å². The van der Waals surface area contributed by atoms with Crippen molar-refractivity contribution < 1.29 is 23.1 Å². The largest absolute Gasteiger partial charge is 0.507 e. The first-order valence-electron chi connectivity index (χ1n) is 6.58. The van der Waals surface area contributed by atoms with E-state index in [2.05, 4.69) is 18.2 Å². The molecule has 0 saturated heterocycles. The molecule has 10 heteroatoms. The lowest BCUT2D eigenvalue weighted by Crippen LogP contribution is -2.13. The molecule has 3 aromatic rings. The van der Waals surface area contributed by atoms with E-state index in [1.807, 2.05) is 0 Å². The lowest BCUT2D eigenvalue weighted by Gasteiger charge is -2.10. The van der Waals surface area contributed by atoms with Crippen molar-refractivity contribution in [3.63, 3.8) is 0 Å². The Kier molecular flexibility index (Phi) is 4.08. The molecule has 2 N–H and O–H groups in total. The van der Waals surface area contributed by atoms with E-state index in [0.29, 0.717) is 5.52 Å². The molecule has 0 fully saturated rings. The number of methoxy groups -OCH3 is 1. The van der Waals surface area contributed by atoms with E-state index < -0.39 is 21.7 Å². The van der Waals surface area contributed by atoms with Crippen LogP contribution in [-0.2, 0) is 14.8 Å². The van der Waals surface area contributed by atoms with Crippen LogP contribution in [0.4, 0.5) is 5.69 Å². The zero-order valence-electron chi connectivity index (χ0n) is 12.3. The molecule has 0 aliphatic heterocycles. The van der Waals surface area contributed by atoms with Gasteiger partial charge in [0.15, 0.2) is 0 Å². The third kappa shape index (κ3) is 2.88. The van der Waals surface area contributed by atoms with Crippen molar-refractivity contribution in [1.29, 1.82) is 0 Å². The number of fused-ring (bicyclic) bond motifs is 1. The predicted octanol–water partition coefficient (Wildman–Crippen LogP) is 1.98. The Hall–Kier alpha value is -2.72. The summed E-state index contributed by atoms with van der Waals surface area (Å²) in [4.78, 5) is 11.4. The number of phenols is 1. The summed E-state index contributed by atoms with van der Waals surface area (Å²) in [7, 11) is -2.76. The molecule has 8 nitrogen and oxygen atoms in total. The van der Waals surface area contributed by atoms with E-state index in [-0.39, 0.29) is 21.7 Å². The number of rotatable bonds is 4. The molecule has 24 heavy (non-hydrogen) atoms. The van der Waals surface area contributed by atoms with Gasteiger partial charge in [0, 0.05) is 6.07 Å². The van der Waals surface area contributed by atoms with Crippen LogP contribution < -0.4 is 4.72 Å². The van der Waals surface area contributed by atoms with Gasteiger partial charge in [-0.2, -0.15) is 8.75 Å². The molecule has 2 aromatic carbocycles. The Morgan fingerprint density at radius 3 is 2.75 bits per heavy atom. The van der Waals surface area contributed by atoms with E-state index in [9.17, 15) is 18.3 Å². The minimum atomic E-state index is -3.94. The van der Waals surface area contributed by atoms with Crippen molar-refractivity contribution in [1.82, 2.24) is 8.75 Å². The fourth-order valence-corrected chi connectivity index (χ4v) is 3.90. The summed E-state index contributed by atoms with van der Waals surface area (Å²) in [5.41, 5.74) is 0.781. The summed E-state index contributed by atoms with van der Waals surface area (Å²) in [6, 6.07) is 8.38. The maximum atomic E-state index is 12.6. The number of ether oxygens (including phenoxy) is 1. The van der Waals surface area contributed by atoms with E-state index >= 15 is 0 Å². The first-order valence-corrected chi connectivity index (χ1v) is 8.79. The van der Waals surface area contributed by atoms with Gasteiger partial charge in [-0.1, -0.05) is 6.07 Å². The topological polar surface area (TPSA) is 118 Å². The number of aromatic hydroxyl groups is 1. The molecule has 0 atom stereocenters. The summed E-state index contributed by atoms with van der Waals surface area (Å²) < 4.78 is 40.0. The van der Waals surface area contributed by atoms with Crippen molar-refractivity contribution in [3.05, 3.63) is 42.0 Å². The second kappa shape index (κ2) is 6.06. The van der Waals surface area contributed by atoms with E-state index in [1.54, 1.807) is 12.1 Å². The Bertz CT molecular complexity index is 1030. The van der Waals surface area contributed by atoms with Crippen molar-refractivity contribution in [2.45, 2.75) is 4.90 Å². The van der Waals surface area contributed by atoms with Crippen molar-refractivity contribution >= 4 is 44.4 Å². The molecule has 0 saturated carbocycles. The minimum Gasteiger partial charge on any atom is -0.507 e. The number of aromatic nitrogens is 2. The van der Waals surface area contributed by atoms with E-state index in [4.69, 9.17) is 0 Å². The van der Waals surface area contributed by atoms with Gasteiger partial charge in [-0.15, -0.1) is 0 Å². The van der Waals surface area contributed by atoms with Crippen LogP contribution >= 0.6 is 11.7 Å². The molecule has 1 heterocycles. The van der Waals surface area contributed by atoms with Crippen molar-refractivity contribution in [2.75, 3.05) is 11.8 Å². The Labute approximate surface area is 141 Å². The van der Waals surface area contributed by atoms with Crippen molar-refractivity contribution in [3.8, 4) is 5.75 Å². The van der Waals surface area contributed by atoms with Crippen LogP contribution in [0.25, 0.3) is 11.0 Å². The maximum absolute atomic E-state index is 12.6. The van der Waals surface area contributed by atoms with E-state index in [0.717, 1.165) is 17.8 Å². The fourth-order valence-electron chi connectivity index (χ4n) is 2.09. The van der Waals surface area contributed by atoms with Gasteiger partial charge in [0.1, 0.15) is 27.2 Å². The minimum absolute atomic E-state index is 0.0229. The Morgan fingerprint density at radius 1 is 1.25 bits per heavy atom. The molecule has 124 valence electrons. The van der Waals surface area contributed by atoms with Gasteiger partial charge in [-0.05, 0) is 24.3 Å². The van der Waals surface area contributed by atoms with Crippen LogP contribution in [-0.4, -0.2) is 35.4 Å². The molecule has 0 bridgehead atoms. The highest BCUT2D eigenvalue weighted by atomic mass is 32.2. The first kappa shape index (κ1) is 16.1. The third-order valence-corrected chi connectivity index (χ3v) is 5.15. The van der Waals surface area contributed by atoms with Gasteiger partial charge in [-0.3, -0.25) is 4.72 Å². The second-order valence-corrected chi connectivity index (χ2v) is 6.90. The Balaban J connectivity index is 1.97. The maximum Gasteiger partial charge on any atom is 0.341 e. The number of benzene rings is 2. The number of sulfonamides is 1. The molecule has 0 spiro atoms. The van der Waals surface area contributed by atoms with Crippen LogP contribution in [0.2, 0.25) is 0 Å². The Morgan fingerprint density at radius 2 is 2.04 bits per heavy atom. The summed E-state index contributed by atoms with van der Waals surface area (Å²) in [5.74, 6) is -1.11. The number of anilines is 1. The van der Waals surface area contributed by atoms with Crippen LogP contribution in [0.1, 0.15) is 10.4 Å². The first-order chi connectivity index (χ1) is 11.4. The van der Waals surface area contributed by atoms with Gasteiger partial charge in [0.25, 0.3) is 10.0 Å². The quantitative estimate of drug-likeness (QED) is 0.679. The number of hydrogen-bond acceptors (Lipinski definition) is 8. The summed E-state index contributed by atoms with van der Waals surface area (Å²) in [6.07, 6.45) is 0. The molecule has 3 rings (SSSR count). The fraction of sp³-hybridized carbons (Fsp3) is 0.0714. The van der Waals surface area contributed by atoms with Gasteiger partial charge < -0.3 is 9.84 Å². The van der Waals surface area contributed by atoms with Crippen LogP contribution in [0.5, 0.6) is 5.75 Å². The lowest BCUT2D eigenvalue weighted by atomic mass is 10.2. The average Bonchev–Trinajstić information content (AvgIpc) is 3.02. The molecule has 0 amide bonds. The highest BCUT2D eigenvalue weighted by molar-refractivity contribution is 7.93. The van der Waals surface area contributed by atoms with Gasteiger partial charge >= 0.3 is 5.97 Å². The zero-order chi connectivity index (χ0) is 17.3. The molecule has 0 aliphatic rings. The van der Waals surface area contributed by atoms with Gasteiger partial charge in [-0.25, -0.2) is 13.2 Å². The number of nitrogens with one attached hydrogen (secondary N) is 1. The monoisotopic (exact) mass is 365 g/mol. The van der Waals surface area contributed by atoms with Crippen LogP contribution in [0.3, 0.4) is 0 Å². The summed E-state index contributed by atoms with van der Waals surface area (Å²) in [5, 5.41) is 9.84. The smallest absolute Gasteiger partial charge is 0.341 e.